The Morgan fingerprint density at radius 3 is 2.55 bits per heavy atom. The van der Waals surface area contributed by atoms with Gasteiger partial charge in [-0.05, 0) is 24.2 Å². The molecule has 0 spiro atoms. The van der Waals surface area contributed by atoms with Crippen LogP contribution < -0.4 is 10.1 Å². The predicted molar refractivity (Wildman–Crippen MR) is 71.3 cm³/mol. The maximum absolute atomic E-state index is 12.1. The SMILES string of the molecule is CCNC(COCC(F)(F)F)c1ccc(OC)cc1Cl. The number of hydrogen-bond acceptors (Lipinski definition) is 3. The average Bonchev–Trinajstić information content (AvgIpc) is 2.36. The molecule has 7 heteroatoms. The second-order valence-corrected chi connectivity index (χ2v) is 4.54. The topological polar surface area (TPSA) is 30.5 Å². The first-order chi connectivity index (χ1) is 9.37. The van der Waals surface area contributed by atoms with E-state index < -0.39 is 18.8 Å². The Morgan fingerprint density at radius 2 is 2.05 bits per heavy atom. The molecule has 1 unspecified atom stereocenters. The van der Waals surface area contributed by atoms with Gasteiger partial charge in [0.1, 0.15) is 12.4 Å². The molecule has 0 aliphatic carbocycles. The summed E-state index contributed by atoms with van der Waals surface area (Å²) in [7, 11) is 1.51. The van der Waals surface area contributed by atoms with Crippen LogP contribution in [0.3, 0.4) is 0 Å². The van der Waals surface area contributed by atoms with Crippen molar-refractivity contribution in [2.24, 2.45) is 0 Å². The number of nitrogens with one attached hydrogen (secondary N) is 1. The molecule has 0 amide bonds. The molecule has 0 heterocycles. The summed E-state index contributed by atoms with van der Waals surface area (Å²) in [4.78, 5) is 0. The van der Waals surface area contributed by atoms with Gasteiger partial charge in [-0.25, -0.2) is 0 Å². The number of hydrogen-bond donors (Lipinski definition) is 1. The van der Waals surface area contributed by atoms with Gasteiger partial charge in [0.2, 0.25) is 0 Å². The van der Waals surface area contributed by atoms with Crippen LogP contribution in [0.2, 0.25) is 5.02 Å². The highest BCUT2D eigenvalue weighted by Gasteiger charge is 2.28. The molecule has 0 fully saturated rings. The first kappa shape index (κ1) is 17.1. The summed E-state index contributed by atoms with van der Waals surface area (Å²) in [6.45, 7) is 1.05. The van der Waals surface area contributed by atoms with Crippen LogP contribution in [-0.4, -0.2) is 33.0 Å². The fourth-order valence-electron chi connectivity index (χ4n) is 1.71. The maximum atomic E-state index is 12.1. The number of ether oxygens (including phenoxy) is 2. The largest absolute Gasteiger partial charge is 0.497 e. The maximum Gasteiger partial charge on any atom is 0.411 e. The molecule has 0 aliphatic heterocycles. The summed E-state index contributed by atoms with van der Waals surface area (Å²) in [5, 5.41) is 3.47. The highest BCUT2D eigenvalue weighted by atomic mass is 35.5. The molecule has 3 nitrogen and oxygen atoms in total. The highest BCUT2D eigenvalue weighted by Crippen LogP contribution is 2.28. The summed E-state index contributed by atoms with van der Waals surface area (Å²) in [5.41, 5.74) is 0.677. The van der Waals surface area contributed by atoms with Crippen molar-refractivity contribution in [1.29, 1.82) is 0 Å². The Balaban J connectivity index is 2.75. The van der Waals surface area contributed by atoms with Crippen LogP contribution in [0.1, 0.15) is 18.5 Å². The van der Waals surface area contributed by atoms with E-state index in [0.717, 1.165) is 0 Å². The molecule has 1 aromatic carbocycles. The van der Waals surface area contributed by atoms with Crippen LogP contribution in [0.4, 0.5) is 13.2 Å². The van der Waals surface area contributed by atoms with Crippen LogP contribution in [0, 0.1) is 0 Å². The fraction of sp³-hybridized carbons (Fsp3) is 0.538. The zero-order valence-electron chi connectivity index (χ0n) is 11.3. The van der Waals surface area contributed by atoms with Gasteiger partial charge in [-0.1, -0.05) is 24.6 Å². The van der Waals surface area contributed by atoms with E-state index in [2.05, 4.69) is 5.32 Å². The van der Waals surface area contributed by atoms with Crippen LogP contribution in [-0.2, 0) is 4.74 Å². The predicted octanol–water partition coefficient (Wildman–Crippen LogP) is 3.58. The van der Waals surface area contributed by atoms with Crippen molar-refractivity contribution < 1.29 is 22.6 Å². The zero-order valence-corrected chi connectivity index (χ0v) is 12.0. The lowest BCUT2D eigenvalue weighted by atomic mass is 10.1. The van der Waals surface area contributed by atoms with E-state index in [1.165, 1.54) is 7.11 Å². The monoisotopic (exact) mass is 311 g/mol. The Bertz CT molecular complexity index is 427. The molecular weight excluding hydrogens is 295 g/mol. The van der Waals surface area contributed by atoms with Crippen molar-refractivity contribution in [3.05, 3.63) is 28.8 Å². The molecule has 114 valence electrons. The number of halogens is 4. The normalized spacial score (nSPS) is 13.3. The Labute approximate surface area is 121 Å². The number of benzene rings is 1. The number of alkyl halides is 3. The number of likely N-dealkylation sites (N-methyl/N-ethyl adjacent to an activating group) is 1. The third-order valence-electron chi connectivity index (χ3n) is 2.58. The summed E-state index contributed by atoms with van der Waals surface area (Å²) in [6, 6.07) is 4.63. The van der Waals surface area contributed by atoms with E-state index in [9.17, 15) is 13.2 Å². The van der Waals surface area contributed by atoms with Crippen LogP contribution >= 0.6 is 11.6 Å². The van der Waals surface area contributed by atoms with Gasteiger partial charge in [0.25, 0.3) is 0 Å². The van der Waals surface area contributed by atoms with Gasteiger partial charge < -0.3 is 14.8 Å². The Kier molecular flexibility index (Phi) is 6.58. The van der Waals surface area contributed by atoms with Gasteiger partial charge in [-0.3, -0.25) is 0 Å². The summed E-state index contributed by atoms with van der Waals surface area (Å²) >= 11 is 6.11. The molecule has 1 atom stereocenters. The molecule has 1 aromatic rings. The lowest BCUT2D eigenvalue weighted by molar-refractivity contribution is -0.175. The second kappa shape index (κ2) is 7.71. The van der Waals surface area contributed by atoms with E-state index >= 15 is 0 Å². The third-order valence-corrected chi connectivity index (χ3v) is 2.91. The van der Waals surface area contributed by atoms with Crippen molar-refractivity contribution in [3.63, 3.8) is 0 Å². The molecule has 0 radical (unpaired) electrons. The summed E-state index contributed by atoms with van der Waals surface area (Å²) in [6.07, 6.45) is -4.33. The van der Waals surface area contributed by atoms with Gasteiger partial charge in [0.05, 0.1) is 19.8 Å². The van der Waals surface area contributed by atoms with Gasteiger partial charge >= 0.3 is 6.18 Å². The summed E-state index contributed by atoms with van der Waals surface area (Å²) in [5.74, 6) is 0.588. The quantitative estimate of drug-likeness (QED) is 0.835. The molecule has 0 saturated carbocycles. The number of methoxy groups -OCH3 is 1. The van der Waals surface area contributed by atoms with Crippen molar-refractivity contribution in [2.45, 2.75) is 19.1 Å². The van der Waals surface area contributed by atoms with Crippen LogP contribution in [0.15, 0.2) is 18.2 Å². The van der Waals surface area contributed by atoms with E-state index in [-0.39, 0.29) is 6.61 Å². The second-order valence-electron chi connectivity index (χ2n) is 4.13. The van der Waals surface area contributed by atoms with Gasteiger partial charge in [-0.2, -0.15) is 13.2 Å². The molecule has 0 aromatic heterocycles. The lowest BCUT2D eigenvalue weighted by Gasteiger charge is -2.20. The Morgan fingerprint density at radius 1 is 1.35 bits per heavy atom. The Hall–Kier alpha value is -0.980. The minimum atomic E-state index is -4.33. The average molecular weight is 312 g/mol. The van der Waals surface area contributed by atoms with Crippen LogP contribution in [0.25, 0.3) is 0 Å². The first-order valence-electron chi connectivity index (χ1n) is 6.08. The van der Waals surface area contributed by atoms with E-state index in [4.69, 9.17) is 21.1 Å². The third kappa shape index (κ3) is 5.56. The molecule has 0 saturated heterocycles. The first-order valence-corrected chi connectivity index (χ1v) is 6.46. The minimum absolute atomic E-state index is 0.112. The van der Waals surface area contributed by atoms with Crippen molar-refractivity contribution >= 4 is 11.6 Å². The molecule has 0 bridgehead atoms. The number of rotatable bonds is 7. The minimum Gasteiger partial charge on any atom is -0.497 e. The molecule has 0 aliphatic rings. The van der Waals surface area contributed by atoms with Crippen molar-refractivity contribution in [1.82, 2.24) is 5.32 Å². The molecule has 1 N–H and O–H groups in total. The molecule has 20 heavy (non-hydrogen) atoms. The van der Waals surface area contributed by atoms with E-state index in [1.807, 2.05) is 6.92 Å². The van der Waals surface area contributed by atoms with E-state index in [1.54, 1.807) is 18.2 Å². The van der Waals surface area contributed by atoms with Crippen molar-refractivity contribution in [2.75, 3.05) is 26.9 Å². The zero-order chi connectivity index (χ0) is 15.2. The smallest absolute Gasteiger partial charge is 0.411 e. The summed E-state index contributed by atoms with van der Waals surface area (Å²) < 4.78 is 46.0. The van der Waals surface area contributed by atoms with Crippen LogP contribution in [0.5, 0.6) is 5.75 Å². The standard InChI is InChI=1S/C13H17ClF3NO2/c1-3-18-12(7-20-8-13(15,16)17)10-5-4-9(19-2)6-11(10)14/h4-6,12,18H,3,7-8H2,1-2H3. The molecular formula is C13H17ClF3NO2. The van der Waals surface area contributed by atoms with Gasteiger partial charge in [-0.15, -0.1) is 0 Å². The molecule has 1 rings (SSSR count). The van der Waals surface area contributed by atoms with Gasteiger partial charge in [0.15, 0.2) is 0 Å². The van der Waals surface area contributed by atoms with Crippen molar-refractivity contribution in [3.8, 4) is 5.75 Å². The fourth-order valence-corrected chi connectivity index (χ4v) is 2.02. The lowest BCUT2D eigenvalue weighted by Crippen LogP contribution is -2.28. The highest BCUT2D eigenvalue weighted by molar-refractivity contribution is 6.31. The van der Waals surface area contributed by atoms with Gasteiger partial charge in [0, 0.05) is 5.02 Å². The van der Waals surface area contributed by atoms with E-state index in [0.29, 0.717) is 22.9 Å².